The third-order valence-electron chi connectivity index (χ3n) is 8.26. The van der Waals surface area contributed by atoms with Crippen molar-refractivity contribution in [2.75, 3.05) is 22.5 Å². The van der Waals surface area contributed by atoms with Gasteiger partial charge in [0.15, 0.2) is 5.75 Å². The van der Waals surface area contributed by atoms with Crippen molar-refractivity contribution in [2.24, 2.45) is 30.7 Å². The van der Waals surface area contributed by atoms with Gasteiger partial charge in [0, 0.05) is 5.69 Å². The number of nitrogens with one attached hydrogen (secondary N) is 1. The minimum absolute atomic E-state index is 0.0415. The summed E-state index contributed by atoms with van der Waals surface area (Å²) >= 11 is 0. The monoisotopic (exact) mass is 912 g/mol. The fourth-order valence-electron chi connectivity index (χ4n) is 5.50. The highest BCUT2D eigenvalue weighted by Gasteiger charge is 2.28. The predicted octanol–water partition coefficient (Wildman–Crippen LogP) is 7.27. The van der Waals surface area contributed by atoms with Crippen molar-refractivity contribution in [2.45, 2.75) is 19.6 Å². The molecule has 0 amide bonds. The number of hydrogen-bond donors (Lipinski definition) is 9. The zero-order valence-electron chi connectivity index (χ0n) is 30.3. The number of benzene rings is 6. The third-order valence-corrected chi connectivity index (χ3v) is 11.8. The van der Waals surface area contributed by atoms with E-state index >= 15 is 0 Å². The Morgan fingerprint density at radius 1 is 0.475 bits per heavy atom. The largest absolute Gasteiger partial charge is 0.505 e. The standard InChI is InChI=1S/C34H28N10O13S4/c35-22-15-23(36)26(58(46,47)48)16-25(22)42-39-20-8-6-18(7-9-20)38-24-11-10-21(14-27(24)59(49,50)51)41-43-32-28(60(52,53)54)12-17-13-29(61(55,56)57)33(34(45)30(17)31(32)37)44-40-19-4-2-1-3-5-19/h1-16,38,45H,35-37H2,(H,46,47,48)(H,49,50,51)(H,52,53,54)(H,55,56,57)/b42-39+,43-41+,44-40+. The van der Waals surface area contributed by atoms with E-state index in [9.17, 15) is 57.0 Å². The lowest BCUT2D eigenvalue weighted by Gasteiger charge is -2.14. The summed E-state index contributed by atoms with van der Waals surface area (Å²) in [5.74, 6) is -0.999. The van der Waals surface area contributed by atoms with E-state index in [2.05, 4.69) is 36.0 Å². The van der Waals surface area contributed by atoms with Crippen LogP contribution in [0.25, 0.3) is 10.8 Å². The Morgan fingerprint density at radius 3 is 1.57 bits per heavy atom. The number of phenols is 1. The molecule has 0 heterocycles. The summed E-state index contributed by atoms with van der Waals surface area (Å²) in [6, 6.07) is 20.1. The molecule has 61 heavy (non-hydrogen) atoms. The molecule has 0 saturated heterocycles. The molecule has 0 fully saturated rings. The van der Waals surface area contributed by atoms with E-state index in [0.29, 0.717) is 6.07 Å². The lowest BCUT2D eigenvalue weighted by Crippen LogP contribution is -2.04. The Hall–Kier alpha value is -6.98. The lowest BCUT2D eigenvalue weighted by atomic mass is 10.1. The van der Waals surface area contributed by atoms with E-state index in [1.165, 1.54) is 42.5 Å². The van der Waals surface area contributed by atoms with Crippen LogP contribution in [-0.4, -0.2) is 57.0 Å². The van der Waals surface area contributed by atoms with Crippen LogP contribution in [-0.2, 0) is 40.5 Å². The molecule has 6 aromatic rings. The summed E-state index contributed by atoms with van der Waals surface area (Å²) in [7, 11) is -20.1. The quantitative estimate of drug-likeness (QED) is 0.0331. The second kappa shape index (κ2) is 16.2. The number of aromatic hydroxyl groups is 1. The molecule has 0 atom stereocenters. The van der Waals surface area contributed by atoms with Crippen LogP contribution in [0.2, 0.25) is 0 Å². The molecule has 0 aliphatic carbocycles. The topological polar surface area (TPSA) is 402 Å². The molecule has 23 nitrogen and oxygen atoms in total. The first-order valence-electron chi connectivity index (χ1n) is 16.4. The number of azo groups is 3. The molecule has 0 bridgehead atoms. The van der Waals surface area contributed by atoms with E-state index in [-0.39, 0.29) is 45.5 Å². The summed E-state index contributed by atoms with van der Waals surface area (Å²) in [4.78, 5) is -3.42. The first-order chi connectivity index (χ1) is 28.4. The van der Waals surface area contributed by atoms with Gasteiger partial charge in [-0.3, -0.25) is 18.2 Å². The summed E-state index contributed by atoms with van der Waals surface area (Å²) < 4.78 is 137. The van der Waals surface area contributed by atoms with E-state index in [1.807, 2.05) is 0 Å². The van der Waals surface area contributed by atoms with Gasteiger partial charge >= 0.3 is 0 Å². The third kappa shape index (κ3) is 9.74. The molecule has 0 spiro atoms. The maximum Gasteiger partial charge on any atom is 0.296 e. The zero-order chi connectivity index (χ0) is 44.7. The van der Waals surface area contributed by atoms with E-state index in [0.717, 1.165) is 30.3 Å². The van der Waals surface area contributed by atoms with Crippen LogP contribution in [0.5, 0.6) is 5.75 Å². The van der Waals surface area contributed by atoms with E-state index in [4.69, 9.17) is 17.2 Å². The second-order valence-electron chi connectivity index (χ2n) is 12.4. The Balaban J connectivity index is 1.35. The number of rotatable bonds is 12. The van der Waals surface area contributed by atoms with Gasteiger partial charge in [0.05, 0.1) is 45.2 Å². The van der Waals surface area contributed by atoms with E-state index in [1.54, 1.807) is 18.2 Å². The normalized spacial score (nSPS) is 12.9. The van der Waals surface area contributed by atoms with Crippen LogP contribution in [0.1, 0.15) is 0 Å². The van der Waals surface area contributed by atoms with Crippen molar-refractivity contribution in [1.82, 2.24) is 0 Å². The molecular weight excluding hydrogens is 885 g/mol. The fraction of sp³-hybridized carbons (Fsp3) is 0. The van der Waals surface area contributed by atoms with Gasteiger partial charge in [0.2, 0.25) is 0 Å². The van der Waals surface area contributed by atoms with E-state index < -0.39 is 93.6 Å². The van der Waals surface area contributed by atoms with Crippen LogP contribution >= 0.6 is 0 Å². The van der Waals surface area contributed by atoms with Gasteiger partial charge in [-0.25, -0.2) is 0 Å². The molecule has 316 valence electrons. The number of anilines is 5. The predicted molar refractivity (Wildman–Crippen MR) is 220 cm³/mol. The van der Waals surface area contributed by atoms with Gasteiger partial charge in [-0.15, -0.1) is 15.3 Å². The Bertz CT molecular complexity index is 3310. The van der Waals surface area contributed by atoms with Crippen molar-refractivity contribution in [3.05, 3.63) is 97.1 Å². The SMILES string of the molecule is Nc1cc(N)c(S(=O)(=O)O)cc1/N=N/c1ccc(Nc2ccc(/N=N/c3c(S(=O)(=O)O)cc4cc(S(=O)(=O)O)c(/N=N/c5ccccc5)c(O)c4c3N)cc2S(=O)(=O)O)cc1. The van der Waals surface area contributed by atoms with Crippen molar-refractivity contribution in [3.8, 4) is 5.75 Å². The molecule has 12 N–H and O–H groups in total. The van der Waals surface area contributed by atoms with Crippen molar-refractivity contribution in [1.29, 1.82) is 0 Å². The summed E-state index contributed by atoms with van der Waals surface area (Å²) in [6.07, 6.45) is 0. The highest BCUT2D eigenvalue weighted by molar-refractivity contribution is 7.86. The van der Waals surface area contributed by atoms with Gasteiger partial charge < -0.3 is 27.6 Å². The zero-order valence-corrected chi connectivity index (χ0v) is 33.6. The van der Waals surface area contributed by atoms with Crippen molar-refractivity contribution < 1.29 is 57.0 Å². The molecule has 6 rings (SSSR count). The molecule has 0 aliphatic heterocycles. The molecule has 0 aliphatic rings. The number of phenolic OH excluding ortho intramolecular Hbond substituents is 1. The van der Waals surface area contributed by atoms with Crippen LogP contribution in [0.3, 0.4) is 0 Å². The molecule has 0 radical (unpaired) electrons. The Kier molecular flexibility index (Phi) is 11.6. The summed E-state index contributed by atoms with van der Waals surface area (Å²) in [5.41, 5.74) is 15.1. The average molecular weight is 913 g/mol. The van der Waals surface area contributed by atoms with Crippen LogP contribution in [0, 0.1) is 0 Å². The van der Waals surface area contributed by atoms with Crippen molar-refractivity contribution >= 4 is 114 Å². The number of hydrogen-bond acceptors (Lipinski definition) is 19. The van der Waals surface area contributed by atoms with Gasteiger partial charge in [0.1, 0.15) is 36.6 Å². The average Bonchev–Trinajstić information content (AvgIpc) is 3.16. The molecule has 0 unspecified atom stereocenters. The van der Waals surface area contributed by atoms with Crippen LogP contribution in [0.4, 0.5) is 62.6 Å². The number of nitrogens with two attached hydrogens (primary N) is 3. The Labute approximate surface area is 345 Å². The molecule has 0 aromatic heterocycles. The molecular formula is C34H28N10O13S4. The molecule has 0 saturated carbocycles. The Morgan fingerprint density at radius 2 is 0.984 bits per heavy atom. The molecule has 27 heteroatoms. The minimum Gasteiger partial charge on any atom is -0.505 e. The highest BCUT2D eigenvalue weighted by atomic mass is 32.2. The number of fused-ring (bicyclic) bond motifs is 1. The number of nitrogens with zero attached hydrogens (tertiary/aromatic N) is 6. The smallest absolute Gasteiger partial charge is 0.296 e. The highest BCUT2D eigenvalue weighted by Crippen LogP contribution is 2.48. The number of nitrogen functional groups attached to an aromatic ring is 3. The maximum absolute atomic E-state index is 12.5. The van der Waals surface area contributed by atoms with Gasteiger partial charge in [-0.2, -0.15) is 49.0 Å². The first-order valence-corrected chi connectivity index (χ1v) is 22.2. The second-order valence-corrected chi connectivity index (χ2v) is 18.0. The minimum atomic E-state index is -5.24. The lowest BCUT2D eigenvalue weighted by molar-refractivity contribution is 0.472. The van der Waals surface area contributed by atoms with Gasteiger partial charge in [-0.1, -0.05) is 18.2 Å². The molecule has 6 aromatic carbocycles. The van der Waals surface area contributed by atoms with Crippen molar-refractivity contribution in [3.63, 3.8) is 0 Å². The summed E-state index contributed by atoms with van der Waals surface area (Å²) in [5, 5.41) is 36.2. The van der Waals surface area contributed by atoms with Gasteiger partial charge in [0.25, 0.3) is 40.5 Å². The fourth-order valence-corrected chi connectivity index (χ4v) is 8.11. The first kappa shape index (κ1) is 43.6. The van der Waals surface area contributed by atoms with Crippen LogP contribution < -0.4 is 22.5 Å². The maximum atomic E-state index is 12.5. The van der Waals surface area contributed by atoms with Crippen LogP contribution in [0.15, 0.2) is 147 Å². The van der Waals surface area contributed by atoms with Gasteiger partial charge in [-0.05, 0) is 84.2 Å². The summed E-state index contributed by atoms with van der Waals surface area (Å²) in [6.45, 7) is 0.